The molecular weight excluding hydrogens is 308 g/mol. The molecule has 2 rings (SSSR count). The number of nitrogens with one attached hydrogen (secondary N) is 1. The number of hydrogen-bond donors (Lipinski definition) is 2. The topological polar surface area (TPSA) is 50.9 Å². The molecule has 0 spiro atoms. The Morgan fingerprint density at radius 3 is 2.76 bits per heavy atom. The lowest BCUT2D eigenvalue weighted by Crippen LogP contribution is -1.98. The highest BCUT2D eigenvalue weighted by Gasteiger charge is 2.06. The van der Waals surface area contributed by atoms with Crippen LogP contribution in [0.25, 0.3) is 0 Å². The highest BCUT2D eigenvalue weighted by molar-refractivity contribution is 9.10. The third kappa shape index (κ3) is 2.68. The second-order valence-corrected chi connectivity index (χ2v) is 4.60. The Labute approximate surface area is 111 Å². The Morgan fingerprint density at radius 1 is 1.35 bits per heavy atom. The molecular formula is C11H8BrClFN3. The molecule has 2 aromatic rings. The van der Waals surface area contributed by atoms with Crippen molar-refractivity contribution in [3.8, 4) is 0 Å². The Hall–Kier alpha value is -1.33. The van der Waals surface area contributed by atoms with Crippen LogP contribution in [0.15, 0.2) is 35.1 Å². The minimum absolute atomic E-state index is 0.0808. The molecule has 88 valence electrons. The Bertz CT molecular complexity index is 542. The van der Waals surface area contributed by atoms with Gasteiger partial charge in [-0.1, -0.05) is 11.6 Å². The molecule has 3 nitrogen and oxygen atoms in total. The molecule has 0 saturated heterocycles. The van der Waals surface area contributed by atoms with Crippen molar-refractivity contribution in [1.82, 2.24) is 4.98 Å². The second-order valence-electron chi connectivity index (χ2n) is 3.34. The first kappa shape index (κ1) is 12.1. The second kappa shape index (κ2) is 4.89. The quantitative estimate of drug-likeness (QED) is 0.881. The van der Waals surface area contributed by atoms with Gasteiger partial charge >= 0.3 is 0 Å². The molecule has 0 aliphatic carbocycles. The minimum Gasteiger partial charge on any atom is -0.396 e. The fraction of sp³-hybridized carbons (Fsp3) is 0. The molecule has 0 saturated carbocycles. The molecule has 1 aromatic heterocycles. The zero-order chi connectivity index (χ0) is 12.4. The van der Waals surface area contributed by atoms with E-state index >= 15 is 0 Å². The average molecular weight is 317 g/mol. The predicted molar refractivity (Wildman–Crippen MR) is 71.0 cm³/mol. The van der Waals surface area contributed by atoms with Gasteiger partial charge in [-0.3, -0.25) is 4.98 Å². The Balaban J connectivity index is 2.35. The number of rotatable bonds is 2. The number of benzene rings is 1. The van der Waals surface area contributed by atoms with Crippen LogP contribution in [0.2, 0.25) is 5.02 Å². The molecule has 1 aromatic carbocycles. The van der Waals surface area contributed by atoms with Crippen molar-refractivity contribution >= 4 is 44.6 Å². The first-order chi connectivity index (χ1) is 8.08. The number of nitrogen functional groups attached to an aromatic ring is 1. The summed E-state index contributed by atoms with van der Waals surface area (Å²) < 4.78 is 14.0. The van der Waals surface area contributed by atoms with Gasteiger partial charge in [0.2, 0.25) is 0 Å². The summed E-state index contributed by atoms with van der Waals surface area (Å²) in [6.07, 6.45) is 3.12. The van der Waals surface area contributed by atoms with Gasteiger partial charge in [-0.15, -0.1) is 0 Å². The fourth-order valence-electron chi connectivity index (χ4n) is 1.30. The van der Waals surface area contributed by atoms with E-state index < -0.39 is 5.82 Å². The highest BCUT2D eigenvalue weighted by Crippen LogP contribution is 2.31. The molecule has 3 N–H and O–H groups in total. The van der Waals surface area contributed by atoms with Crippen LogP contribution < -0.4 is 11.1 Å². The predicted octanol–water partition coefficient (Wildman–Crippen LogP) is 3.96. The molecule has 1 heterocycles. The number of nitrogens with two attached hydrogens (primary N) is 1. The zero-order valence-corrected chi connectivity index (χ0v) is 10.9. The lowest BCUT2D eigenvalue weighted by molar-refractivity contribution is 0.629. The third-order valence-corrected chi connectivity index (χ3v) is 3.03. The van der Waals surface area contributed by atoms with Crippen molar-refractivity contribution in [2.75, 3.05) is 11.1 Å². The monoisotopic (exact) mass is 315 g/mol. The normalized spacial score (nSPS) is 10.3. The maximum Gasteiger partial charge on any atom is 0.143 e. The Kier molecular flexibility index (Phi) is 3.49. The van der Waals surface area contributed by atoms with Crippen LogP contribution in [0.1, 0.15) is 0 Å². The van der Waals surface area contributed by atoms with Gasteiger partial charge in [-0.25, -0.2) is 4.39 Å². The van der Waals surface area contributed by atoms with E-state index in [1.807, 2.05) is 0 Å². The largest absolute Gasteiger partial charge is 0.396 e. The fourth-order valence-corrected chi connectivity index (χ4v) is 1.86. The van der Waals surface area contributed by atoms with Gasteiger partial charge in [-0.05, 0) is 34.1 Å². The molecule has 0 amide bonds. The SMILES string of the molecule is Nc1cncc(Br)c1Nc1ccc(Cl)c(F)c1. The number of anilines is 3. The van der Waals surface area contributed by atoms with Gasteiger partial charge < -0.3 is 11.1 Å². The van der Waals surface area contributed by atoms with E-state index in [9.17, 15) is 4.39 Å². The molecule has 0 unspecified atom stereocenters. The molecule has 17 heavy (non-hydrogen) atoms. The summed E-state index contributed by atoms with van der Waals surface area (Å²) in [5.74, 6) is -0.486. The van der Waals surface area contributed by atoms with E-state index in [0.717, 1.165) is 0 Å². The first-order valence-corrected chi connectivity index (χ1v) is 5.86. The third-order valence-electron chi connectivity index (χ3n) is 2.12. The molecule has 0 aliphatic heterocycles. The minimum atomic E-state index is -0.486. The van der Waals surface area contributed by atoms with Gasteiger partial charge in [0.05, 0.1) is 27.1 Å². The number of nitrogens with zero attached hydrogens (tertiary/aromatic N) is 1. The van der Waals surface area contributed by atoms with E-state index in [1.165, 1.54) is 18.3 Å². The zero-order valence-electron chi connectivity index (χ0n) is 8.55. The molecule has 0 aliphatic rings. The van der Waals surface area contributed by atoms with Gasteiger partial charge in [0.15, 0.2) is 0 Å². The van der Waals surface area contributed by atoms with E-state index in [1.54, 1.807) is 12.3 Å². The molecule has 0 fully saturated rings. The average Bonchev–Trinajstić information content (AvgIpc) is 2.28. The van der Waals surface area contributed by atoms with E-state index in [2.05, 4.69) is 26.2 Å². The number of pyridine rings is 1. The lowest BCUT2D eigenvalue weighted by atomic mass is 10.2. The van der Waals surface area contributed by atoms with E-state index in [0.29, 0.717) is 21.5 Å². The lowest BCUT2D eigenvalue weighted by Gasteiger charge is -2.11. The van der Waals surface area contributed by atoms with Gasteiger partial charge in [0, 0.05) is 11.9 Å². The van der Waals surface area contributed by atoms with Crippen LogP contribution in [0, 0.1) is 5.82 Å². The smallest absolute Gasteiger partial charge is 0.143 e. The summed E-state index contributed by atoms with van der Waals surface area (Å²) >= 11 is 8.91. The molecule has 6 heteroatoms. The van der Waals surface area contributed by atoms with Crippen LogP contribution >= 0.6 is 27.5 Å². The summed E-state index contributed by atoms with van der Waals surface area (Å²) in [6, 6.07) is 4.44. The van der Waals surface area contributed by atoms with Gasteiger partial charge in [0.1, 0.15) is 5.82 Å². The molecule has 0 radical (unpaired) electrons. The highest BCUT2D eigenvalue weighted by atomic mass is 79.9. The molecule has 0 atom stereocenters. The standard InChI is InChI=1S/C11H8BrClFN3/c12-7-4-16-5-10(15)11(7)17-6-1-2-8(13)9(14)3-6/h1-5H,15H2,(H,16,17). The van der Waals surface area contributed by atoms with Crippen molar-refractivity contribution in [3.05, 3.63) is 45.9 Å². The summed E-state index contributed by atoms with van der Waals surface area (Å²) in [4.78, 5) is 3.91. The van der Waals surface area contributed by atoms with E-state index in [-0.39, 0.29) is 5.02 Å². The number of halogens is 3. The van der Waals surface area contributed by atoms with Crippen LogP contribution in [-0.2, 0) is 0 Å². The summed E-state index contributed by atoms with van der Waals surface area (Å²) in [6.45, 7) is 0. The summed E-state index contributed by atoms with van der Waals surface area (Å²) in [5, 5.41) is 3.08. The van der Waals surface area contributed by atoms with Crippen molar-refractivity contribution in [1.29, 1.82) is 0 Å². The maximum absolute atomic E-state index is 13.3. The number of aromatic nitrogens is 1. The van der Waals surface area contributed by atoms with Gasteiger partial charge in [0.25, 0.3) is 0 Å². The van der Waals surface area contributed by atoms with Crippen molar-refractivity contribution < 1.29 is 4.39 Å². The van der Waals surface area contributed by atoms with Crippen molar-refractivity contribution in [3.63, 3.8) is 0 Å². The first-order valence-electron chi connectivity index (χ1n) is 4.69. The van der Waals surface area contributed by atoms with Crippen LogP contribution in [0.3, 0.4) is 0 Å². The van der Waals surface area contributed by atoms with Crippen LogP contribution in [0.5, 0.6) is 0 Å². The van der Waals surface area contributed by atoms with Crippen molar-refractivity contribution in [2.24, 2.45) is 0 Å². The summed E-state index contributed by atoms with van der Waals surface area (Å²) in [7, 11) is 0. The van der Waals surface area contributed by atoms with E-state index in [4.69, 9.17) is 17.3 Å². The molecule has 0 bridgehead atoms. The van der Waals surface area contributed by atoms with Crippen LogP contribution in [-0.4, -0.2) is 4.98 Å². The Morgan fingerprint density at radius 2 is 2.12 bits per heavy atom. The summed E-state index contributed by atoms with van der Waals surface area (Å²) in [5.41, 5.74) is 7.43. The van der Waals surface area contributed by atoms with Crippen LogP contribution in [0.4, 0.5) is 21.5 Å². The number of hydrogen-bond acceptors (Lipinski definition) is 3. The van der Waals surface area contributed by atoms with Gasteiger partial charge in [-0.2, -0.15) is 0 Å². The van der Waals surface area contributed by atoms with Crippen molar-refractivity contribution in [2.45, 2.75) is 0 Å². The maximum atomic E-state index is 13.3.